The van der Waals surface area contributed by atoms with E-state index < -0.39 is 23.4 Å². The Hall–Kier alpha value is -0.680. The third-order valence-electron chi connectivity index (χ3n) is 2.66. The van der Waals surface area contributed by atoms with E-state index in [-0.39, 0.29) is 6.42 Å². The normalized spacial score (nSPS) is 36.6. The smallest absolute Gasteiger partial charge is 0.101 e. The van der Waals surface area contributed by atoms with Crippen molar-refractivity contribution in [2.45, 2.75) is 50.6 Å². The Morgan fingerprint density at radius 2 is 2.00 bits per heavy atom. The third-order valence-corrected chi connectivity index (χ3v) is 2.66. The van der Waals surface area contributed by atoms with E-state index in [1.54, 1.807) is 19.9 Å². The average molecular weight is 228 g/mol. The van der Waals surface area contributed by atoms with Gasteiger partial charge in [0.2, 0.25) is 0 Å². The Balaban J connectivity index is 2.87. The fraction of sp³-hybridized carbons (Fsp3) is 0.667. The minimum Gasteiger partial charge on any atom is -0.388 e. The van der Waals surface area contributed by atoms with Crippen LogP contribution in [0.1, 0.15) is 27.2 Å². The predicted octanol–water partition coefficient (Wildman–Crippen LogP) is 0.116. The van der Waals surface area contributed by atoms with Gasteiger partial charge in [-0.05, 0) is 32.4 Å². The lowest BCUT2D eigenvalue weighted by Crippen LogP contribution is -2.45. The second-order valence-electron chi connectivity index (χ2n) is 5.18. The van der Waals surface area contributed by atoms with Crippen molar-refractivity contribution in [1.82, 2.24) is 0 Å². The van der Waals surface area contributed by atoms with Gasteiger partial charge in [-0.15, -0.1) is 0 Å². The molecule has 0 bridgehead atoms. The van der Waals surface area contributed by atoms with Crippen LogP contribution in [0.2, 0.25) is 0 Å². The Morgan fingerprint density at radius 1 is 1.44 bits per heavy atom. The molecule has 0 radical (unpaired) electrons. The quantitative estimate of drug-likeness (QED) is 0.541. The lowest BCUT2D eigenvalue weighted by Gasteiger charge is -2.34. The first-order chi connectivity index (χ1) is 7.12. The molecule has 0 aliphatic heterocycles. The molecule has 1 aliphatic carbocycles. The zero-order valence-electron chi connectivity index (χ0n) is 9.88. The van der Waals surface area contributed by atoms with Gasteiger partial charge >= 0.3 is 0 Å². The van der Waals surface area contributed by atoms with Crippen molar-refractivity contribution >= 4 is 0 Å². The largest absolute Gasteiger partial charge is 0.388 e. The van der Waals surface area contributed by atoms with Crippen molar-refractivity contribution in [3.8, 4) is 0 Å². The molecule has 0 saturated carbocycles. The third kappa shape index (κ3) is 3.42. The summed E-state index contributed by atoms with van der Waals surface area (Å²) < 4.78 is 0. The van der Waals surface area contributed by atoms with Crippen molar-refractivity contribution in [3.63, 3.8) is 0 Å². The highest BCUT2D eigenvalue weighted by Crippen LogP contribution is 2.28. The van der Waals surface area contributed by atoms with Gasteiger partial charge in [0.05, 0.1) is 17.3 Å². The molecule has 1 rings (SSSR count). The molecule has 0 aromatic rings. The SMILES string of the molecule is CC(C)(O)/C=C/C1=CC(O)[C@](C)(O)C[C@@H]1O. The van der Waals surface area contributed by atoms with Crippen LogP contribution >= 0.6 is 0 Å². The summed E-state index contributed by atoms with van der Waals surface area (Å²) in [5.74, 6) is 0. The molecule has 0 spiro atoms. The van der Waals surface area contributed by atoms with E-state index in [4.69, 9.17) is 0 Å². The molecule has 0 aromatic carbocycles. The first kappa shape index (κ1) is 13.4. The van der Waals surface area contributed by atoms with Crippen LogP contribution in [0.3, 0.4) is 0 Å². The molecule has 0 fully saturated rings. The van der Waals surface area contributed by atoms with E-state index in [1.165, 1.54) is 19.1 Å². The van der Waals surface area contributed by atoms with Crippen LogP contribution in [0.4, 0.5) is 0 Å². The summed E-state index contributed by atoms with van der Waals surface area (Å²) in [5.41, 5.74) is -1.75. The van der Waals surface area contributed by atoms with Gasteiger partial charge in [-0.2, -0.15) is 0 Å². The molecule has 1 aliphatic rings. The summed E-state index contributed by atoms with van der Waals surface area (Å²) in [5, 5.41) is 38.6. The van der Waals surface area contributed by atoms with Gasteiger partial charge in [0.1, 0.15) is 6.10 Å². The number of rotatable bonds is 2. The van der Waals surface area contributed by atoms with Crippen LogP contribution in [-0.4, -0.2) is 43.8 Å². The Labute approximate surface area is 95.5 Å². The fourth-order valence-corrected chi connectivity index (χ4v) is 1.57. The second-order valence-corrected chi connectivity index (χ2v) is 5.18. The topological polar surface area (TPSA) is 80.9 Å². The van der Waals surface area contributed by atoms with Gasteiger partial charge < -0.3 is 20.4 Å². The number of aliphatic hydroxyl groups excluding tert-OH is 2. The minimum atomic E-state index is -1.30. The maximum Gasteiger partial charge on any atom is 0.101 e. The van der Waals surface area contributed by atoms with E-state index in [1.807, 2.05) is 0 Å². The van der Waals surface area contributed by atoms with Gasteiger partial charge in [-0.25, -0.2) is 0 Å². The Kier molecular flexibility index (Phi) is 3.59. The van der Waals surface area contributed by atoms with E-state index in [0.29, 0.717) is 5.57 Å². The molecule has 4 nitrogen and oxygen atoms in total. The highest BCUT2D eigenvalue weighted by molar-refractivity contribution is 5.30. The molecule has 16 heavy (non-hydrogen) atoms. The number of hydrogen-bond acceptors (Lipinski definition) is 4. The Morgan fingerprint density at radius 3 is 2.50 bits per heavy atom. The standard InChI is InChI=1S/C12H20O4/c1-11(2,15)5-4-8-6-10(14)12(3,16)7-9(8)13/h4-6,9-10,13-16H,7H2,1-3H3/b5-4+/t9-,10?,12+/m0/s1. The molecule has 4 N–H and O–H groups in total. The zero-order chi connectivity index (χ0) is 12.6. The lowest BCUT2D eigenvalue weighted by atomic mass is 9.82. The summed E-state index contributed by atoms with van der Waals surface area (Å²) >= 11 is 0. The molecule has 92 valence electrons. The van der Waals surface area contributed by atoms with Gasteiger partial charge in [-0.3, -0.25) is 0 Å². The first-order valence-corrected chi connectivity index (χ1v) is 5.34. The summed E-state index contributed by atoms with van der Waals surface area (Å²) in [6.07, 6.45) is 2.78. The summed E-state index contributed by atoms with van der Waals surface area (Å²) in [7, 11) is 0. The molecular weight excluding hydrogens is 208 g/mol. The Bertz CT molecular complexity index is 309. The van der Waals surface area contributed by atoms with E-state index in [0.717, 1.165) is 0 Å². The molecule has 3 atom stereocenters. The summed E-state index contributed by atoms with van der Waals surface area (Å²) in [6, 6.07) is 0. The fourth-order valence-electron chi connectivity index (χ4n) is 1.57. The summed E-state index contributed by atoms with van der Waals surface area (Å²) in [6.45, 7) is 4.71. The molecule has 1 unspecified atom stereocenters. The monoisotopic (exact) mass is 228 g/mol. The van der Waals surface area contributed by atoms with Gasteiger partial charge in [-0.1, -0.05) is 12.2 Å². The molecule has 0 saturated heterocycles. The van der Waals surface area contributed by atoms with Gasteiger partial charge in [0, 0.05) is 6.42 Å². The lowest BCUT2D eigenvalue weighted by molar-refractivity contribution is -0.0706. The maximum atomic E-state index is 9.75. The van der Waals surface area contributed by atoms with Crippen LogP contribution < -0.4 is 0 Å². The average Bonchev–Trinajstić information content (AvgIpc) is 2.07. The molecule has 0 amide bonds. The number of aliphatic hydroxyl groups is 4. The second kappa shape index (κ2) is 4.30. The van der Waals surface area contributed by atoms with Crippen molar-refractivity contribution in [3.05, 3.63) is 23.8 Å². The van der Waals surface area contributed by atoms with E-state index in [9.17, 15) is 20.4 Å². The highest BCUT2D eigenvalue weighted by Gasteiger charge is 2.36. The van der Waals surface area contributed by atoms with Crippen LogP contribution in [-0.2, 0) is 0 Å². The zero-order valence-corrected chi connectivity index (χ0v) is 9.88. The van der Waals surface area contributed by atoms with Gasteiger partial charge in [0.25, 0.3) is 0 Å². The van der Waals surface area contributed by atoms with Crippen molar-refractivity contribution in [1.29, 1.82) is 0 Å². The van der Waals surface area contributed by atoms with Crippen LogP contribution in [0.25, 0.3) is 0 Å². The maximum absolute atomic E-state index is 9.75. The van der Waals surface area contributed by atoms with Gasteiger partial charge in [0.15, 0.2) is 0 Å². The molecule has 0 heterocycles. The van der Waals surface area contributed by atoms with Crippen molar-refractivity contribution in [2.24, 2.45) is 0 Å². The van der Waals surface area contributed by atoms with E-state index in [2.05, 4.69) is 0 Å². The summed E-state index contributed by atoms with van der Waals surface area (Å²) in [4.78, 5) is 0. The molecule has 0 aromatic heterocycles. The molecular formula is C12H20O4. The first-order valence-electron chi connectivity index (χ1n) is 5.34. The van der Waals surface area contributed by atoms with Crippen LogP contribution in [0.5, 0.6) is 0 Å². The highest BCUT2D eigenvalue weighted by atomic mass is 16.3. The van der Waals surface area contributed by atoms with Crippen LogP contribution in [0.15, 0.2) is 23.8 Å². The predicted molar refractivity (Wildman–Crippen MR) is 60.8 cm³/mol. The van der Waals surface area contributed by atoms with E-state index >= 15 is 0 Å². The minimum absolute atomic E-state index is 0.0796. The van der Waals surface area contributed by atoms with Crippen LogP contribution in [0, 0.1) is 0 Å². The van der Waals surface area contributed by atoms with Crippen molar-refractivity contribution in [2.75, 3.05) is 0 Å². The number of hydrogen-bond donors (Lipinski definition) is 4. The molecule has 4 heteroatoms. The van der Waals surface area contributed by atoms with Crippen molar-refractivity contribution < 1.29 is 20.4 Å².